The maximum atomic E-state index is 13.0. The van der Waals surface area contributed by atoms with Crippen molar-refractivity contribution >= 4 is 39.0 Å². The van der Waals surface area contributed by atoms with E-state index < -0.39 is 11.4 Å². The third kappa shape index (κ3) is 3.10. The van der Waals surface area contributed by atoms with Gasteiger partial charge < -0.3 is 4.55 Å². The maximum absolute atomic E-state index is 13.0. The van der Waals surface area contributed by atoms with E-state index >= 15 is 0 Å². The van der Waals surface area contributed by atoms with Crippen LogP contribution in [0.4, 0.5) is 4.39 Å². The minimum absolute atomic E-state index is 0.244. The van der Waals surface area contributed by atoms with Gasteiger partial charge in [0.25, 0.3) is 0 Å². The molecule has 0 N–H and O–H groups in total. The lowest BCUT2D eigenvalue weighted by Gasteiger charge is -2.17. The fourth-order valence-electron chi connectivity index (χ4n) is 1.35. The monoisotopic (exact) mass is 283 g/mol. The number of benzene rings is 1. The molecule has 0 aliphatic heterocycles. The molecule has 1 aromatic carbocycles. The van der Waals surface area contributed by atoms with Crippen LogP contribution in [0.5, 0.6) is 0 Å². The van der Waals surface area contributed by atoms with Gasteiger partial charge in [-0.1, -0.05) is 10.5 Å². The fraction of sp³-hybridized carbons (Fsp3) is 0.308. The molecule has 18 heavy (non-hydrogen) atoms. The van der Waals surface area contributed by atoms with Gasteiger partial charge in [0.2, 0.25) is 0 Å². The Balaban J connectivity index is 2.25. The highest BCUT2D eigenvalue weighted by Gasteiger charge is 2.25. The molecule has 96 valence electrons. The number of thiophene rings is 1. The largest absolute Gasteiger partial charge is 0.591 e. The summed E-state index contributed by atoms with van der Waals surface area (Å²) in [7, 11) is 0. The second-order valence-electron chi connectivity index (χ2n) is 4.93. The van der Waals surface area contributed by atoms with Crippen molar-refractivity contribution in [3.8, 4) is 0 Å². The molecular formula is C13H14FNOS2. The molecule has 0 spiro atoms. The van der Waals surface area contributed by atoms with E-state index in [1.165, 1.54) is 23.5 Å². The Morgan fingerprint density at radius 1 is 1.33 bits per heavy atom. The third-order valence-electron chi connectivity index (χ3n) is 2.30. The topological polar surface area (TPSA) is 35.4 Å². The Labute approximate surface area is 113 Å². The van der Waals surface area contributed by atoms with E-state index in [2.05, 4.69) is 4.40 Å². The van der Waals surface area contributed by atoms with Crippen LogP contribution in [0.1, 0.15) is 25.6 Å². The first-order chi connectivity index (χ1) is 8.36. The summed E-state index contributed by atoms with van der Waals surface area (Å²) in [6, 6.07) is 6.59. The van der Waals surface area contributed by atoms with Crippen LogP contribution in [0.25, 0.3) is 10.1 Å². The summed E-state index contributed by atoms with van der Waals surface area (Å²) < 4.78 is 29.4. The van der Waals surface area contributed by atoms with Crippen molar-refractivity contribution in [1.29, 1.82) is 0 Å². The van der Waals surface area contributed by atoms with Crippen LogP contribution in [-0.4, -0.2) is 15.5 Å². The Kier molecular flexibility index (Phi) is 3.75. The van der Waals surface area contributed by atoms with Gasteiger partial charge in [-0.2, -0.15) is 0 Å². The Morgan fingerprint density at radius 3 is 2.72 bits per heavy atom. The lowest BCUT2D eigenvalue weighted by Crippen LogP contribution is -2.25. The van der Waals surface area contributed by atoms with Gasteiger partial charge in [-0.3, -0.25) is 0 Å². The third-order valence-corrected chi connectivity index (χ3v) is 4.68. The molecule has 0 amide bonds. The van der Waals surface area contributed by atoms with Gasteiger partial charge in [0.1, 0.15) is 21.9 Å². The van der Waals surface area contributed by atoms with Gasteiger partial charge in [-0.05, 0) is 44.4 Å². The van der Waals surface area contributed by atoms with E-state index in [9.17, 15) is 8.94 Å². The number of fused-ring (bicyclic) bond motifs is 1. The molecule has 0 bridgehead atoms. The van der Waals surface area contributed by atoms with Crippen LogP contribution >= 0.6 is 11.3 Å². The first-order valence-corrected chi connectivity index (χ1v) is 7.44. The first kappa shape index (κ1) is 13.5. The summed E-state index contributed by atoms with van der Waals surface area (Å²) in [5, 5.41) is 0.976. The van der Waals surface area contributed by atoms with Crippen LogP contribution in [0.2, 0.25) is 0 Å². The number of nitrogens with zero attached hydrogens (tertiary/aromatic N) is 1. The van der Waals surface area contributed by atoms with Gasteiger partial charge in [-0.25, -0.2) is 4.39 Å². The molecule has 0 saturated heterocycles. The summed E-state index contributed by atoms with van der Waals surface area (Å²) in [5.41, 5.74) is 0. The van der Waals surface area contributed by atoms with Crippen molar-refractivity contribution in [1.82, 2.24) is 0 Å². The molecule has 1 atom stereocenters. The van der Waals surface area contributed by atoms with Crippen LogP contribution in [-0.2, 0) is 11.4 Å². The van der Waals surface area contributed by atoms with Crippen LogP contribution in [0.15, 0.2) is 28.7 Å². The number of halogens is 1. The van der Waals surface area contributed by atoms with Crippen molar-refractivity contribution in [2.75, 3.05) is 0 Å². The highest BCUT2D eigenvalue weighted by Crippen LogP contribution is 2.26. The predicted octanol–water partition coefficient (Wildman–Crippen LogP) is 3.92. The first-order valence-electron chi connectivity index (χ1n) is 5.51. The molecule has 1 aromatic heterocycles. The molecule has 0 saturated carbocycles. The van der Waals surface area contributed by atoms with E-state index in [-0.39, 0.29) is 10.6 Å². The SMILES string of the molecule is CC(C)(C)[S@+]([O-])N=Cc1cc2ccc(F)cc2s1. The molecule has 2 nitrogen and oxygen atoms in total. The van der Waals surface area contributed by atoms with Crippen molar-refractivity contribution in [3.05, 3.63) is 35.0 Å². The smallest absolute Gasteiger partial charge is 0.144 e. The van der Waals surface area contributed by atoms with Crippen LogP contribution in [0, 0.1) is 5.82 Å². The van der Waals surface area contributed by atoms with Gasteiger partial charge in [0.05, 0.1) is 11.1 Å². The lowest BCUT2D eigenvalue weighted by atomic mass is 10.2. The predicted molar refractivity (Wildman–Crippen MR) is 77.3 cm³/mol. The minimum atomic E-state index is -1.26. The molecule has 0 fully saturated rings. The van der Waals surface area contributed by atoms with Crippen molar-refractivity contribution in [2.24, 2.45) is 4.40 Å². The molecule has 0 radical (unpaired) electrons. The summed E-state index contributed by atoms with van der Waals surface area (Å²) in [4.78, 5) is 0.883. The number of rotatable bonds is 2. The van der Waals surface area contributed by atoms with Crippen molar-refractivity contribution in [2.45, 2.75) is 25.5 Å². The highest BCUT2D eigenvalue weighted by atomic mass is 32.2. The minimum Gasteiger partial charge on any atom is -0.591 e. The lowest BCUT2D eigenvalue weighted by molar-refractivity contribution is 0.562. The second-order valence-corrected chi connectivity index (χ2v) is 7.98. The van der Waals surface area contributed by atoms with Crippen LogP contribution in [0.3, 0.4) is 0 Å². The van der Waals surface area contributed by atoms with E-state index in [1.54, 1.807) is 12.3 Å². The van der Waals surface area contributed by atoms with Crippen molar-refractivity contribution in [3.63, 3.8) is 0 Å². The highest BCUT2D eigenvalue weighted by molar-refractivity contribution is 7.91. The van der Waals surface area contributed by atoms with E-state index in [0.717, 1.165) is 15.0 Å². The zero-order valence-electron chi connectivity index (χ0n) is 10.4. The molecule has 0 aliphatic rings. The quantitative estimate of drug-likeness (QED) is 0.607. The van der Waals surface area contributed by atoms with E-state index in [0.29, 0.717) is 0 Å². The van der Waals surface area contributed by atoms with Crippen molar-refractivity contribution < 1.29 is 8.94 Å². The molecule has 2 aromatic rings. The van der Waals surface area contributed by atoms with Gasteiger partial charge in [0.15, 0.2) is 0 Å². The maximum Gasteiger partial charge on any atom is 0.144 e. The van der Waals surface area contributed by atoms with Crippen LogP contribution < -0.4 is 0 Å². The molecule has 2 rings (SSSR count). The zero-order valence-corrected chi connectivity index (χ0v) is 12.1. The second kappa shape index (κ2) is 4.99. The molecule has 0 aliphatic carbocycles. The molecule has 1 heterocycles. The summed E-state index contributed by atoms with van der Waals surface area (Å²) in [6.07, 6.45) is 1.60. The van der Waals surface area contributed by atoms with Gasteiger partial charge in [-0.15, -0.1) is 11.3 Å². The standard InChI is InChI=1S/C13H14FNOS2/c1-13(2,3)18(16)15-8-11-6-9-4-5-10(14)7-12(9)17-11/h4-8H,1-3H3/t18-/m0/s1. The average Bonchev–Trinajstić information content (AvgIpc) is 2.66. The number of hydrogen-bond donors (Lipinski definition) is 0. The molecular weight excluding hydrogens is 269 g/mol. The Morgan fingerprint density at radius 2 is 2.06 bits per heavy atom. The summed E-state index contributed by atoms with van der Waals surface area (Å²) >= 11 is 0.178. The van der Waals surface area contributed by atoms with Gasteiger partial charge >= 0.3 is 0 Å². The number of hydrogen-bond acceptors (Lipinski definition) is 3. The summed E-state index contributed by atoms with van der Waals surface area (Å²) in [5.74, 6) is -0.244. The fourth-order valence-corrected chi connectivity index (χ4v) is 2.90. The van der Waals surface area contributed by atoms with E-state index in [4.69, 9.17) is 0 Å². The Bertz CT molecular complexity index is 586. The normalized spacial score (nSPS) is 14.5. The zero-order chi connectivity index (χ0) is 13.3. The van der Waals surface area contributed by atoms with E-state index in [1.807, 2.05) is 26.8 Å². The molecule has 5 heteroatoms. The average molecular weight is 283 g/mol. The Hall–Kier alpha value is -0.910. The van der Waals surface area contributed by atoms with Gasteiger partial charge in [0, 0.05) is 4.70 Å². The molecule has 0 unspecified atom stereocenters. The summed E-state index contributed by atoms with van der Waals surface area (Å²) in [6.45, 7) is 5.63.